The zero-order chi connectivity index (χ0) is 12.4. The minimum Gasteiger partial charge on any atom is -0.359 e. The standard InChI is InChI=1S/C15H20N2/c1-5-12-9-16-15(11(12)4)8-14-10(3)7-13(6-2)17-14/h7-9,17H,5-6H2,1-4H3/b15-8-. The Morgan fingerprint density at radius 1 is 1.24 bits per heavy atom. The molecule has 0 radical (unpaired) electrons. The Hall–Kier alpha value is -1.57. The molecule has 0 bridgehead atoms. The van der Waals surface area contributed by atoms with Crippen molar-refractivity contribution < 1.29 is 0 Å². The van der Waals surface area contributed by atoms with Gasteiger partial charge in [-0.3, -0.25) is 4.99 Å². The molecule has 17 heavy (non-hydrogen) atoms. The highest BCUT2D eigenvalue weighted by atomic mass is 14.8. The van der Waals surface area contributed by atoms with Crippen LogP contribution in [0, 0.1) is 6.92 Å². The lowest BCUT2D eigenvalue weighted by atomic mass is 10.1. The topological polar surface area (TPSA) is 28.1 Å². The van der Waals surface area contributed by atoms with Crippen molar-refractivity contribution in [3.63, 3.8) is 0 Å². The van der Waals surface area contributed by atoms with Crippen LogP contribution in [0.15, 0.2) is 27.9 Å². The molecule has 90 valence electrons. The van der Waals surface area contributed by atoms with Gasteiger partial charge in [0.15, 0.2) is 0 Å². The number of H-pyrrole nitrogens is 1. The highest BCUT2D eigenvalue weighted by molar-refractivity contribution is 5.87. The second kappa shape index (κ2) is 4.74. The van der Waals surface area contributed by atoms with E-state index in [0.717, 1.165) is 18.5 Å². The summed E-state index contributed by atoms with van der Waals surface area (Å²) in [5.74, 6) is 0. The van der Waals surface area contributed by atoms with Gasteiger partial charge in [-0.2, -0.15) is 0 Å². The van der Waals surface area contributed by atoms with Crippen LogP contribution in [0.1, 0.15) is 44.1 Å². The van der Waals surface area contributed by atoms with Crippen LogP contribution in [0.5, 0.6) is 0 Å². The normalized spacial score (nSPS) is 17.5. The van der Waals surface area contributed by atoms with Gasteiger partial charge in [0.05, 0.1) is 5.70 Å². The number of hydrogen-bond donors (Lipinski definition) is 1. The maximum atomic E-state index is 4.48. The molecule has 0 saturated heterocycles. The Kier molecular flexibility index (Phi) is 3.32. The van der Waals surface area contributed by atoms with Crippen molar-refractivity contribution in [2.24, 2.45) is 4.99 Å². The number of allylic oxidation sites excluding steroid dienone is 2. The third-order valence-corrected chi connectivity index (χ3v) is 3.38. The van der Waals surface area contributed by atoms with Gasteiger partial charge in [0.25, 0.3) is 0 Å². The van der Waals surface area contributed by atoms with Crippen LogP contribution >= 0.6 is 0 Å². The number of rotatable bonds is 3. The van der Waals surface area contributed by atoms with Gasteiger partial charge in [-0.05, 0) is 55.5 Å². The van der Waals surface area contributed by atoms with Gasteiger partial charge in [-0.15, -0.1) is 0 Å². The smallest absolute Gasteiger partial charge is 0.0682 e. The first-order valence-electron chi connectivity index (χ1n) is 6.30. The quantitative estimate of drug-likeness (QED) is 0.809. The van der Waals surface area contributed by atoms with E-state index in [2.05, 4.69) is 49.8 Å². The average Bonchev–Trinajstić information content (AvgIpc) is 2.85. The highest BCUT2D eigenvalue weighted by Crippen LogP contribution is 2.26. The second-order valence-corrected chi connectivity index (χ2v) is 4.54. The lowest BCUT2D eigenvalue weighted by molar-refractivity contribution is 1.06. The first-order valence-corrected chi connectivity index (χ1v) is 6.30. The van der Waals surface area contributed by atoms with Gasteiger partial charge in [-0.25, -0.2) is 0 Å². The summed E-state index contributed by atoms with van der Waals surface area (Å²) in [7, 11) is 0. The molecule has 0 unspecified atom stereocenters. The molecule has 1 N–H and O–H groups in total. The molecule has 2 nitrogen and oxygen atoms in total. The third kappa shape index (κ3) is 2.26. The van der Waals surface area contributed by atoms with Crippen LogP contribution in [-0.4, -0.2) is 11.2 Å². The fraction of sp³-hybridized carbons (Fsp3) is 0.400. The van der Waals surface area contributed by atoms with E-state index < -0.39 is 0 Å². The van der Waals surface area contributed by atoms with Gasteiger partial charge in [0.2, 0.25) is 0 Å². The molecule has 1 aliphatic rings. The number of nitrogens with one attached hydrogen (secondary N) is 1. The van der Waals surface area contributed by atoms with Crippen molar-refractivity contribution in [2.45, 2.75) is 40.5 Å². The van der Waals surface area contributed by atoms with E-state index in [1.54, 1.807) is 0 Å². The number of aromatic nitrogens is 1. The zero-order valence-electron chi connectivity index (χ0n) is 11.1. The van der Waals surface area contributed by atoms with Crippen LogP contribution in [0.3, 0.4) is 0 Å². The van der Waals surface area contributed by atoms with Crippen molar-refractivity contribution in [3.05, 3.63) is 39.9 Å². The molecule has 0 amide bonds. The number of hydrogen-bond acceptors (Lipinski definition) is 1. The van der Waals surface area contributed by atoms with E-state index in [4.69, 9.17) is 0 Å². The Bertz CT molecular complexity index is 513. The Balaban J connectivity index is 2.35. The maximum Gasteiger partial charge on any atom is 0.0682 e. The molecule has 2 heterocycles. The lowest BCUT2D eigenvalue weighted by Crippen LogP contribution is -1.84. The van der Waals surface area contributed by atoms with Crippen LogP contribution in [0.2, 0.25) is 0 Å². The molecule has 1 aromatic rings. The van der Waals surface area contributed by atoms with E-state index in [-0.39, 0.29) is 0 Å². The number of aliphatic imine (C=N–C) groups is 1. The van der Waals surface area contributed by atoms with Gasteiger partial charge < -0.3 is 4.98 Å². The molecule has 2 rings (SSSR count). The summed E-state index contributed by atoms with van der Waals surface area (Å²) in [6.07, 6.45) is 6.24. The van der Waals surface area contributed by atoms with Gasteiger partial charge >= 0.3 is 0 Å². The number of aryl methyl sites for hydroxylation is 2. The first kappa shape index (κ1) is 11.9. The summed E-state index contributed by atoms with van der Waals surface area (Å²) < 4.78 is 0. The van der Waals surface area contributed by atoms with E-state index in [9.17, 15) is 0 Å². The van der Waals surface area contributed by atoms with Gasteiger partial charge in [0.1, 0.15) is 0 Å². The van der Waals surface area contributed by atoms with Crippen LogP contribution < -0.4 is 0 Å². The summed E-state index contributed by atoms with van der Waals surface area (Å²) in [4.78, 5) is 7.92. The lowest BCUT2D eigenvalue weighted by Gasteiger charge is -1.99. The van der Waals surface area contributed by atoms with Crippen molar-refractivity contribution in [1.29, 1.82) is 0 Å². The molecular formula is C15H20N2. The summed E-state index contributed by atoms with van der Waals surface area (Å²) in [6.45, 7) is 8.62. The zero-order valence-corrected chi connectivity index (χ0v) is 11.1. The van der Waals surface area contributed by atoms with Crippen molar-refractivity contribution in [2.75, 3.05) is 0 Å². The number of aromatic amines is 1. The molecule has 2 heteroatoms. The van der Waals surface area contributed by atoms with E-state index in [0.29, 0.717) is 0 Å². The SMILES string of the molecule is CCC1=C(C)/C(=C/c2[nH]c(CC)cc2C)N=C1. The molecule has 0 aliphatic carbocycles. The fourth-order valence-corrected chi connectivity index (χ4v) is 2.13. The Morgan fingerprint density at radius 2 is 2.00 bits per heavy atom. The average molecular weight is 228 g/mol. The second-order valence-electron chi connectivity index (χ2n) is 4.54. The van der Waals surface area contributed by atoms with Crippen LogP contribution in [0.4, 0.5) is 0 Å². The van der Waals surface area contributed by atoms with Gasteiger partial charge in [-0.1, -0.05) is 13.8 Å². The largest absolute Gasteiger partial charge is 0.359 e. The minimum absolute atomic E-state index is 1.04. The summed E-state index contributed by atoms with van der Waals surface area (Å²) in [5, 5.41) is 0. The minimum atomic E-state index is 1.04. The van der Waals surface area contributed by atoms with Crippen LogP contribution in [0.25, 0.3) is 6.08 Å². The van der Waals surface area contributed by atoms with E-state index in [1.165, 1.54) is 28.1 Å². The predicted molar refractivity (Wildman–Crippen MR) is 74.4 cm³/mol. The number of nitrogens with zero attached hydrogens (tertiary/aromatic N) is 1. The van der Waals surface area contributed by atoms with Gasteiger partial charge in [0, 0.05) is 17.6 Å². The molecular weight excluding hydrogens is 208 g/mol. The molecule has 0 spiro atoms. The highest BCUT2D eigenvalue weighted by Gasteiger charge is 2.11. The predicted octanol–water partition coefficient (Wildman–Crippen LogP) is 4.04. The molecule has 0 aromatic carbocycles. The molecule has 1 aliphatic heterocycles. The third-order valence-electron chi connectivity index (χ3n) is 3.38. The van der Waals surface area contributed by atoms with Crippen molar-refractivity contribution in [3.8, 4) is 0 Å². The van der Waals surface area contributed by atoms with E-state index in [1.807, 2.05) is 6.21 Å². The summed E-state index contributed by atoms with van der Waals surface area (Å²) in [6, 6.07) is 2.21. The van der Waals surface area contributed by atoms with Crippen molar-refractivity contribution >= 4 is 12.3 Å². The molecule has 0 atom stereocenters. The first-order chi connectivity index (χ1) is 8.15. The fourth-order valence-electron chi connectivity index (χ4n) is 2.13. The Morgan fingerprint density at radius 3 is 2.53 bits per heavy atom. The monoisotopic (exact) mass is 228 g/mol. The van der Waals surface area contributed by atoms with E-state index >= 15 is 0 Å². The summed E-state index contributed by atoms with van der Waals surface area (Å²) >= 11 is 0. The molecule has 0 fully saturated rings. The van der Waals surface area contributed by atoms with Crippen molar-refractivity contribution in [1.82, 2.24) is 4.98 Å². The summed E-state index contributed by atoms with van der Waals surface area (Å²) in [5.41, 5.74) is 7.51. The maximum absolute atomic E-state index is 4.48. The van der Waals surface area contributed by atoms with Crippen LogP contribution in [-0.2, 0) is 6.42 Å². The molecule has 0 saturated carbocycles. The molecule has 1 aromatic heterocycles. The Labute approximate surface area is 103 Å².